The minimum Gasteiger partial charge on any atom is -0.495 e. The number of ether oxygens (including phenoxy) is 2. The zero-order valence-electron chi connectivity index (χ0n) is 19.6. The van der Waals surface area contributed by atoms with Crippen LogP contribution in [0.3, 0.4) is 0 Å². The minimum atomic E-state index is -3.87. The van der Waals surface area contributed by atoms with Gasteiger partial charge in [-0.05, 0) is 50.1 Å². The second kappa shape index (κ2) is 9.93. The third-order valence-electron chi connectivity index (χ3n) is 5.80. The molecule has 9 heteroatoms. The Kier molecular flexibility index (Phi) is 7.44. The molecule has 0 bridgehead atoms. The molecule has 2 aromatic carbocycles. The molecule has 0 unspecified atom stereocenters. The number of benzene rings is 2. The van der Waals surface area contributed by atoms with Crippen LogP contribution in [0.2, 0.25) is 0 Å². The lowest BCUT2D eigenvalue weighted by Gasteiger charge is -2.26. The summed E-state index contributed by atoms with van der Waals surface area (Å²) in [4.78, 5) is 27.5. The fourth-order valence-electron chi connectivity index (χ4n) is 4.08. The quantitative estimate of drug-likeness (QED) is 0.546. The molecule has 8 nitrogen and oxygen atoms in total. The Balaban J connectivity index is 1.84. The van der Waals surface area contributed by atoms with E-state index < -0.39 is 22.1 Å². The van der Waals surface area contributed by atoms with E-state index in [9.17, 15) is 18.0 Å². The van der Waals surface area contributed by atoms with Crippen LogP contribution < -0.4 is 9.64 Å². The molecule has 0 aromatic heterocycles. The molecule has 2 aromatic rings. The van der Waals surface area contributed by atoms with E-state index >= 15 is 0 Å². The zero-order chi connectivity index (χ0) is 24.3. The van der Waals surface area contributed by atoms with Gasteiger partial charge in [0.1, 0.15) is 10.6 Å². The number of carbonyl (C=O) groups excluding carboxylic acids is 2. The Morgan fingerprint density at radius 2 is 1.82 bits per heavy atom. The molecule has 0 aliphatic carbocycles. The van der Waals surface area contributed by atoms with Crippen molar-refractivity contribution in [2.75, 3.05) is 25.1 Å². The van der Waals surface area contributed by atoms with Gasteiger partial charge in [-0.1, -0.05) is 32.0 Å². The molecule has 1 aliphatic rings. The lowest BCUT2D eigenvalue weighted by molar-refractivity contribution is -0.126. The van der Waals surface area contributed by atoms with Crippen LogP contribution in [0, 0.1) is 0 Å². The lowest BCUT2D eigenvalue weighted by atomic mass is 10.1. The fraction of sp³-hybridized carbons (Fsp3) is 0.417. The molecule has 0 saturated carbocycles. The first-order chi connectivity index (χ1) is 15.6. The average molecular weight is 475 g/mol. The summed E-state index contributed by atoms with van der Waals surface area (Å²) in [7, 11) is -2.51. The zero-order valence-corrected chi connectivity index (χ0v) is 20.4. The van der Waals surface area contributed by atoms with Gasteiger partial charge in [-0.3, -0.25) is 4.79 Å². The van der Waals surface area contributed by atoms with Gasteiger partial charge in [0, 0.05) is 24.8 Å². The molecule has 33 heavy (non-hydrogen) atoms. The minimum absolute atomic E-state index is 0.0241. The highest BCUT2D eigenvalue weighted by atomic mass is 32.2. The molecular weight excluding hydrogens is 444 g/mol. The van der Waals surface area contributed by atoms with Crippen LogP contribution in [0.15, 0.2) is 47.4 Å². The van der Waals surface area contributed by atoms with E-state index in [1.165, 1.54) is 36.5 Å². The molecule has 0 N–H and O–H groups in total. The molecule has 1 aliphatic heterocycles. The van der Waals surface area contributed by atoms with Crippen molar-refractivity contribution in [1.29, 1.82) is 0 Å². The van der Waals surface area contributed by atoms with Crippen molar-refractivity contribution in [2.24, 2.45) is 0 Å². The molecule has 1 amide bonds. The third-order valence-corrected chi connectivity index (χ3v) is 7.87. The smallest absolute Gasteiger partial charge is 0.338 e. The standard InChI is InChI=1S/C24H30N2O6S/c1-6-25(7-2)33(29,30)22-15-19(12-13-21(22)31-5)24(28)32-17(4)23(27)26-16(3)14-18-10-8-9-11-20(18)26/h8-13,15-17H,6-7,14H2,1-5H3/t16-,17+/m0/s1. The summed E-state index contributed by atoms with van der Waals surface area (Å²) >= 11 is 0. The number of rotatable bonds is 8. The summed E-state index contributed by atoms with van der Waals surface area (Å²) in [5.41, 5.74) is 1.91. The van der Waals surface area contributed by atoms with Crippen molar-refractivity contribution < 1.29 is 27.5 Å². The van der Waals surface area contributed by atoms with E-state index in [1.807, 2.05) is 31.2 Å². The Morgan fingerprint density at radius 1 is 1.15 bits per heavy atom. The number of hydrogen-bond acceptors (Lipinski definition) is 6. The second-order valence-electron chi connectivity index (χ2n) is 7.89. The highest BCUT2D eigenvalue weighted by Crippen LogP contribution is 2.33. The number of para-hydroxylation sites is 1. The SMILES string of the molecule is CCN(CC)S(=O)(=O)c1cc(C(=O)O[C@H](C)C(=O)N2c3ccccc3C[C@@H]2C)ccc1OC. The Labute approximate surface area is 195 Å². The van der Waals surface area contributed by atoms with Crippen LogP contribution in [-0.4, -0.2) is 56.9 Å². The van der Waals surface area contributed by atoms with Crippen molar-refractivity contribution in [3.8, 4) is 5.75 Å². The first kappa shape index (κ1) is 24.7. The van der Waals surface area contributed by atoms with Gasteiger partial charge < -0.3 is 14.4 Å². The summed E-state index contributed by atoms with van der Waals surface area (Å²) in [6, 6.07) is 11.7. The number of carbonyl (C=O) groups is 2. The van der Waals surface area contributed by atoms with Crippen LogP contribution in [0.25, 0.3) is 0 Å². The number of fused-ring (bicyclic) bond motifs is 1. The van der Waals surface area contributed by atoms with Gasteiger partial charge in [0.05, 0.1) is 12.7 Å². The van der Waals surface area contributed by atoms with Gasteiger partial charge in [0.15, 0.2) is 6.10 Å². The maximum atomic E-state index is 13.1. The van der Waals surface area contributed by atoms with E-state index in [1.54, 1.807) is 18.7 Å². The summed E-state index contributed by atoms with van der Waals surface area (Å²) in [5, 5.41) is 0. The highest BCUT2D eigenvalue weighted by Gasteiger charge is 2.35. The molecule has 178 valence electrons. The first-order valence-electron chi connectivity index (χ1n) is 11.0. The molecular formula is C24H30N2O6S. The number of methoxy groups -OCH3 is 1. The van der Waals surface area contributed by atoms with Gasteiger partial charge in [0.2, 0.25) is 10.0 Å². The van der Waals surface area contributed by atoms with E-state index in [4.69, 9.17) is 9.47 Å². The maximum absolute atomic E-state index is 13.1. The molecule has 3 rings (SSSR count). The second-order valence-corrected chi connectivity index (χ2v) is 9.80. The third kappa shape index (κ3) is 4.74. The van der Waals surface area contributed by atoms with Gasteiger partial charge in [0.25, 0.3) is 5.91 Å². The van der Waals surface area contributed by atoms with Crippen LogP contribution >= 0.6 is 0 Å². The molecule has 2 atom stereocenters. The Morgan fingerprint density at radius 3 is 2.45 bits per heavy atom. The maximum Gasteiger partial charge on any atom is 0.338 e. The van der Waals surface area contributed by atoms with Gasteiger partial charge >= 0.3 is 5.97 Å². The molecule has 1 heterocycles. The van der Waals surface area contributed by atoms with Crippen LogP contribution in [0.1, 0.15) is 43.6 Å². The summed E-state index contributed by atoms with van der Waals surface area (Å²) < 4.78 is 38.0. The number of sulfonamides is 1. The molecule has 0 fully saturated rings. The van der Waals surface area contributed by atoms with Crippen LogP contribution in [0.5, 0.6) is 5.75 Å². The molecule has 0 spiro atoms. The van der Waals surface area contributed by atoms with Crippen LogP contribution in [0.4, 0.5) is 5.69 Å². The Bertz CT molecular complexity index is 1140. The molecule has 0 saturated heterocycles. The Hall–Kier alpha value is -2.91. The number of anilines is 1. The van der Waals surface area contributed by atoms with Crippen molar-refractivity contribution in [3.05, 3.63) is 53.6 Å². The predicted molar refractivity (Wildman–Crippen MR) is 125 cm³/mol. The van der Waals surface area contributed by atoms with Crippen molar-refractivity contribution >= 4 is 27.6 Å². The number of amides is 1. The van der Waals surface area contributed by atoms with E-state index in [2.05, 4.69) is 0 Å². The lowest BCUT2D eigenvalue weighted by Crippen LogP contribution is -2.43. The molecule has 0 radical (unpaired) electrons. The van der Waals surface area contributed by atoms with Crippen molar-refractivity contribution in [2.45, 2.75) is 51.2 Å². The van der Waals surface area contributed by atoms with Gasteiger partial charge in [-0.2, -0.15) is 4.31 Å². The van der Waals surface area contributed by atoms with Crippen molar-refractivity contribution in [3.63, 3.8) is 0 Å². The van der Waals surface area contributed by atoms with E-state index in [-0.39, 0.29) is 41.2 Å². The normalized spacial score (nSPS) is 16.4. The predicted octanol–water partition coefficient (Wildman–Crippen LogP) is 3.25. The van der Waals surface area contributed by atoms with Gasteiger partial charge in [-0.15, -0.1) is 0 Å². The van der Waals surface area contributed by atoms with E-state index in [0.717, 1.165) is 17.7 Å². The average Bonchev–Trinajstić information content (AvgIpc) is 3.14. The highest BCUT2D eigenvalue weighted by molar-refractivity contribution is 7.89. The monoisotopic (exact) mass is 474 g/mol. The number of nitrogens with zero attached hydrogens (tertiary/aromatic N) is 2. The largest absolute Gasteiger partial charge is 0.495 e. The summed E-state index contributed by atoms with van der Waals surface area (Å²) in [5.74, 6) is -0.981. The summed E-state index contributed by atoms with van der Waals surface area (Å²) in [6.45, 7) is 7.48. The van der Waals surface area contributed by atoms with E-state index in [0.29, 0.717) is 0 Å². The van der Waals surface area contributed by atoms with Crippen LogP contribution in [-0.2, 0) is 26.0 Å². The van der Waals surface area contributed by atoms with Crippen molar-refractivity contribution in [1.82, 2.24) is 4.31 Å². The summed E-state index contributed by atoms with van der Waals surface area (Å²) in [6.07, 6.45) is -0.316. The topological polar surface area (TPSA) is 93.2 Å². The van der Waals surface area contributed by atoms with Gasteiger partial charge in [-0.25, -0.2) is 13.2 Å². The first-order valence-corrected chi connectivity index (χ1v) is 12.4. The number of hydrogen-bond donors (Lipinski definition) is 0. The number of esters is 1. The fourth-order valence-corrected chi connectivity index (χ4v) is 5.72.